The summed E-state index contributed by atoms with van der Waals surface area (Å²) >= 11 is 0.682. The zero-order valence-corrected chi connectivity index (χ0v) is 19.7. The Morgan fingerprint density at radius 1 is 1.15 bits per heavy atom. The number of para-hydroxylation sites is 1. The van der Waals surface area contributed by atoms with Crippen LogP contribution in [-0.4, -0.2) is 53.3 Å². The van der Waals surface area contributed by atoms with Crippen LogP contribution in [0.15, 0.2) is 47.4 Å². The minimum Gasteiger partial charge on any atom is -0.493 e. The highest BCUT2D eigenvalue weighted by molar-refractivity contribution is 8.18. The quantitative estimate of drug-likeness (QED) is 0.513. The standard InChI is InChI=1S/C24H24N2O7S/c1-14(2)15-7-9-17(10-8-15)25-20(27)12-26-23(30)19(34-24(26)31)11-16-5-4-6-18(32-3)22(16)33-13-21(28)29/h4-11,14H,12-13H2,1-3H3,(H,25,27)(H,28,29)/b19-11+. The van der Waals surface area contributed by atoms with Gasteiger partial charge < -0.3 is 19.9 Å². The van der Waals surface area contributed by atoms with Gasteiger partial charge in [0.2, 0.25) is 5.91 Å². The summed E-state index contributed by atoms with van der Waals surface area (Å²) in [6, 6.07) is 12.2. The summed E-state index contributed by atoms with van der Waals surface area (Å²) in [5.41, 5.74) is 2.05. The van der Waals surface area contributed by atoms with Crippen molar-refractivity contribution in [1.29, 1.82) is 0 Å². The van der Waals surface area contributed by atoms with E-state index in [1.807, 2.05) is 12.1 Å². The van der Waals surface area contributed by atoms with Crippen LogP contribution in [0.25, 0.3) is 6.08 Å². The Labute approximate surface area is 200 Å². The summed E-state index contributed by atoms with van der Waals surface area (Å²) in [5.74, 6) is -1.56. The van der Waals surface area contributed by atoms with E-state index in [0.717, 1.165) is 10.5 Å². The van der Waals surface area contributed by atoms with Crippen LogP contribution in [0.3, 0.4) is 0 Å². The zero-order valence-electron chi connectivity index (χ0n) is 18.9. The molecule has 1 fully saturated rings. The van der Waals surface area contributed by atoms with Gasteiger partial charge in [0, 0.05) is 11.3 Å². The lowest BCUT2D eigenvalue weighted by Gasteiger charge is -2.13. The number of thioether (sulfide) groups is 1. The van der Waals surface area contributed by atoms with Crippen molar-refractivity contribution in [3.05, 3.63) is 58.5 Å². The average Bonchev–Trinajstić information content (AvgIpc) is 3.05. The molecule has 34 heavy (non-hydrogen) atoms. The van der Waals surface area contributed by atoms with Crippen molar-refractivity contribution in [1.82, 2.24) is 4.90 Å². The Morgan fingerprint density at radius 2 is 1.85 bits per heavy atom. The predicted molar refractivity (Wildman–Crippen MR) is 128 cm³/mol. The van der Waals surface area contributed by atoms with Gasteiger partial charge in [0.25, 0.3) is 11.1 Å². The lowest BCUT2D eigenvalue weighted by molar-refractivity contribution is -0.139. The molecule has 0 aromatic heterocycles. The number of nitrogens with zero attached hydrogens (tertiary/aromatic N) is 1. The summed E-state index contributed by atoms with van der Waals surface area (Å²) in [4.78, 5) is 49.6. The van der Waals surface area contributed by atoms with Crippen molar-refractivity contribution in [2.45, 2.75) is 19.8 Å². The number of carbonyl (C=O) groups excluding carboxylic acids is 3. The van der Waals surface area contributed by atoms with Gasteiger partial charge in [-0.15, -0.1) is 0 Å². The van der Waals surface area contributed by atoms with Crippen LogP contribution in [-0.2, 0) is 14.4 Å². The topological polar surface area (TPSA) is 122 Å². The minimum absolute atomic E-state index is 0.0764. The molecule has 0 spiro atoms. The molecule has 9 nitrogen and oxygen atoms in total. The second-order valence-electron chi connectivity index (χ2n) is 7.65. The van der Waals surface area contributed by atoms with Gasteiger partial charge >= 0.3 is 5.97 Å². The average molecular weight is 485 g/mol. The van der Waals surface area contributed by atoms with Crippen LogP contribution in [0, 0.1) is 0 Å². The Hall–Kier alpha value is -3.79. The number of carboxylic acid groups (broad SMARTS) is 1. The van der Waals surface area contributed by atoms with Crippen molar-refractivity contribution in [3.63, 3.8) is 0 Å². The summed E-state index contributed by atoms with van der Waals surface area (Å²) < 4.78 is 10.5. The molecule has 0 atom stereocenters. The normalized spacial score (nSPS) is 14.6. The number of nitrogens with one attached hydrogen (secondary N) is 1. The van der Waals surface area contributed by atoms with Crippen LogP contribution < -0.4 is 14.8 Å². The Morgan fingerprint density at radius 3 is 2.47 bits per heavy atom. The first-order valence-electron chi connectivity index (χ1n) is 10.4. The highest BCUT2D eigenvalue weighted by atomic mass is 32.2. The van der Waals surface area contributed by atoms with Gasteiger partial charge in [-0.05, 0) is 47.5 Å². The number of methoxy groups -OCH3 is 1. The number of ether oxygens (including phenoxy) is 2. The van der Waals surface area contributed by atoms with Crippen molar-refractivity contribution in [2.75, 3.05) is 25.6 Å². The number of amides is 3. The number of aliphatic carboxylic acids is 1. The Balaban J connectivity index is 1.74. The van der Waals surface area contributed by atoms with Crippen LogP contribution in [0.5, 0.6) is 11.5 Å². The fourth-order valence-electron chi connectivity index (χ4n) is 3.17. The molecule has 2 aromatic carbocycles. The van der Waals surface area contributed by atoms with E-state index in [9.17, 15) is 19.2 Å². The SMILES string of the molecule is COc1cccc(/C=C2/SC(=O)N(CC(=O)Nc3ccc(C(C)C)cc3)C2=O)c1OCC(=O)O. The van der Waals surface area contributed by atoms with Crippen LogP contribution >= 0.6 is 11.8 Å². The molecule has 0 aliphatic carbocycles. The van der Waals surface area contributed by atoms with Crippen molar-refractivity contribution in [3.8, 4) is 11.5 Å². The van der Waals surface area contributed by atoms with E-state index in [4.69, 9.17) is 14.6 Å². The van der Waals surface area contributed by atoms with Crippen LogP contribution in [0.1, 0.15) is 30.9 Å². The highest BCUT2D eigenvalue weighted by Crippen LogP contribution is 2.37. The molecule has 1 heterocycles. The van der Waals surface area contributed by atoms with Crippen molar-refractivity contribution in [2.24, 2.45) is 0 Å². The van der Waals surface area contributed by atoms with Gasteiger partial charge in [0.05, 0.1) is 12.0 Å². The van der Waals surface area contributed by atoms with Gasteiger partial charge in [-0.2, -0.15) is 0 Å². The van der Waals surface area contributed by atoms with E-state index in [1.165, 1.54) is 13.2 Å². The summed E-state index contributed by atoms with van der Waals surface area (Å²) in [6.07, 6.45) is 1.41. The maximum atomic E-state index is 12.8. The molecule has 178 valence electrons. The van der Waals surface area contributed by atoms with E-state index in [2.05, 4.69) is 19.2 Å². The molecule has 1 aliphatic rings. The molecular formula is C24H24N2O7S. The minimum atomic E-state index is -1.18. The molecule has 3 rings (SSSR count). The summed E-state index contributed by atoms with van der Waals surface area (Å²) in [7, 11) is 1.40. The maximum Gasteiger partial charge on any atom is 0.341 e. The molecule has 0 radical (unpaired) electrons. The van der Waals surface area contributed by atoms with Gasteiger partial charge in [0.15, 0.2) is 18.1 Å². The van der Waals surface area contributed by atoms with Gasteiger partial charge in [-0.1, -0.05) is 38.1 Å². The third-order valence-corrected chi connectivity index (χ3v) is 5.80. The van der Waals surface area contributed by atoms with Crippen molar-refractivity contribution < 1.29 is 33.8 Å². The van der Waals surface area contributed by atoms with E-state index in [1.54, 1.807) is 30.3 Å². The monoisotopic (exact) mass is 484 g/mol. The summed E-state index contributed by atoms with van der Waals surface area (Å²) in [5, 5.41) is 11.0. The van der Waals surface area contributed by atoms with E-state index >= 15 is 0 Å². The molecule has 0 unspecified atom stereocenters. The molecule has 2 N–H and O–H groups in total. The first-order chi connectivity index (χ1) is 16.2. The van der Waals surface area contributed by atoms with Gasteiger partial charge in [0.1, 0.15) is 6.54 Å². The first kappa shape index (κ1) is 24.8. The summed E-state index contributed by atoms with van der Waals surface area (Å²) in [6.45, 7) is 3.08. The molecule has 0 saturated carbocycles. The molecule has 10 heteroatoms. The number of hydrogen-bond acceptors (Lipinski definition) is 7. The Bertz CT molecular complexity index is 1140. The van der Waals surface area contributed by atoms with Crippen molar-refractivity contribution >= 4 is 46.5 Å². The second-order valence-corrected chi connectivity index (χ2v) is 8.65. The fourth-order valence-corrected chi connectivity index (χ4v) is 4.00. The van der Waals surface area contributed by atoms with E-state index in [-0.39, 0.29) is 16.4 Å². The first-order valence-corrected chi connectivity index (χ1v) is 11.2. The third-order valence-electron chi connectivity index (χ3n) is 4.89. The van der Waals surface area contributed by atoms with E-state index < -0.39 is 36.2 Å². The van der Waals surface area contributed by atoms with Crippen LogP contribution in [0.4, 0.5) is 10.5 Å². The number of anilines is 1. The van der Waals surface area contributed by atoms with E-state index in [0.29, 0.717) is 28.9 Å². The second kappa shape index (κ2) is 10.9. The van der Waals surface area contributed by atoms with Gasteiger partial charge in [-0.3, -0.25) is 19.3 Å². The fraction of sp³-hybridized carbons (Fsp3) is 0.250. The third kappa shape index (κ3) is 5.96. The molecule has 1 aliphatic heterocycles. The number of carbonyl (C=O) groups is 4. The lowest BCUT2D eigenvalue weighted by Crippen LogP contribution is -2.36. The lowest BCUT2D eigenvalue weighted by atomic mass is 10.0. The number of benzene rings is 2. The maximum absolute atomic E-state index is 12.8. The predicted octanol–water partition coefficient (Wildman–Crippen LogP) is 3.96. The Kier molecular flexibility index (Phi) is 7.95. The number of imide groups is 1. The largest absolute Gasteiger partial charge is 0.493 e. The molecule has 1 saturated heterocycles. The number of hydrogen-bond donors (Lipinski definition) is 2. The zero-order chi connectivity index (χ0) is 24.8. The molecule has 2 aromatic rings. The van der Waals surface area contributed by atoms with Gasteiger partial charge in [-0.25, -0.2) is 4.79 Å². The number of rotatable bonds is 9. The highest BCUT2D eigenvalue weighted by Gasteiger charge is 2.36. The number of carboxylic acids is 1. The smallest absolute Gasteiger partial charge is 0.341 e. The molecular weight excluding hydrogens is 460 g/mol. The van der Waals surface area contributed by atoms with Crippen LogP contribution in [0.2, 0.25) is 0 Å². The molecule has 0 bridgehead atoms. The molecule has 3 amide bonds.